The van der Waals surface area contributed by atoms with Crippen LogP contribution in [-0.2, 0) is 6.42 Å². The maximum Gasteiger partial charge on any atom is 0.0623 e. The number of nitrogens with one attached hydrogen (secondary N) is 1. The normalized spacial score (nSPS) is 14.6. The molecule has 1 aromatic carbocycles. The number of likely N-dealkylation sites (N-methyl/N-ethyl adjacent to an activating group) is 1. The van der Waals surface area contributed by atoms with Crippen LogP contribution >= 0.6 is 0 Å². The fourth-order valence-corrected chi connectivity index (χ4v) is 2.23. The molecule has 3 nitrogen and oxygen atoms in total. The minimum absolute atomic E-state index is 0.169. The van der Waals surface area contributed by atoms with Crippen molar-refractivity contribution in [2.75, 3.05) is 33.3 Å². The van der Waals surface area contributed by atoms with Gasteiger partial charge in [-0.3, -0.25) is 0 Å². The average molecular weight is 264 g/mol. The van der Waals surface area contributed by atoms with Gasteiger partial charge in [0.2, 0.25) is 0 Å². The number of rotatable bonds is 9. The van der Waals surface area contributed by atoms with Gasteiger partial charge in [0.05, 0.1) is 12.1 Å². The van der Waals surface area contributed by atoms with Gasteiger partial charge in [-0.1, -0.05) is 37.3 Å². The summed E-state index contributed by atoms with van der Waals surface area (Å²) in [5.41, 5.74) is 1.16. The van der Waals surface area contributed by atoms with E-state index in [0.717, 1.165) is 32.5 Å². The third-order valence-corrected chi connectivity index (χ3v) is 3.39. The van der Waals surface area contributed by atoms with Gasteiger partial charge in [0.15, 0.2) is 0 Å². The maximum atomic E-state index is 9.56. The Balaban J connectivity index is 2.38. The topological polar surface area (TPSA) is 35.5 Å². The standard InChI is InChI=1S/C16H28N2O/c1-4-11-17-16(2,14-19)13-18(3)12-10-15-8-6-5-7-9-15/h5-9,17,19H,4,10-14H2,1-3H3. The molecule has 0 saturated heterocycles. The summed E-state index contributed by atoms with van der Waals surface area (Å²) < 4.78 is 0. The van der Waals surface area contributed by atoms with Crippen molar-refractivity contribution < 1.29 is 5.11 Å². The van der Waals surface area contributed by atoms with Gasteiger partial charge in [0.25, 0.3) is 0 Å². The summed E-state index contributed by atoms with van der Waals surface area (Å²) in [6.45, 7) is 7.21. The molecule has 0 bridgehead atoms. The van der Waals surface area contributed by atoms with Crippen molar-refractivity contribution in [2.24, 2.45) is 0 Å². The molecule has 1 aromatic rings. The van der Waals surface area contributed by atoms with Gasteiger partial charge < -0.3 is 15.3 Å². The van der Waals surface area contributed by atoms with Gasteiger partial charge in [0.1, 0.15) is 0 Å². The van der Waals surface area contributed by atoms with E-state index in [1.54, 1.807) is 0 Å². The summed E-state index contributed by atoms with van der Waals surface area (Å²) in [6.07, 6.45) is 2.13. The van der Waals surface area contributed by atoms with Crippen molar-refractivity contribution in [3.8, 4) is 0 Å². The highest BCUT2D eigenvalue weighted by Crippen LogP contribution is 2.07. The molecule has 19 heavy (non-hydrogen) atoms. The van der Waals surface area contributed by atoms with E-state index >= 15 is 0 Å². The van der Waals surface area contributed by atoms with E-state index in [0.29, 0.717) is 0 Å². The zero-order valence-corrected chi connectivity index (χ0v) is 12.5. The number of hydrogen-bond donors (Lipinski definition) is 2. The molecule has 0 aliphatic carbocycles. The van der Waals surface area contributed by atoms with E-state index in [1.165, 1.54) is 5.56 Å². The summed E-state index contributed by atoms with van der Waals surface area (Å²) in [7, 11) is 2.12. The first-order valence-electron chi connectivity index (χ1n) is 7.18. The highest BCUT2D eigenvalue weighted by molar-refractivity contribution is 5.14. The average Bonchev–Trinajstić information content (AvgIpc) is 2.44. The SMILES string of the molecule is CCCNC(C)(CO)CN(C)CCc1ccccc1. The molecular formula is C16H28N2O. The molecule has 0 aliphatic heterocycles. The fraction of sp³-hybridized carbons (Fsp3) is 0.625. The molecule has 1 atom stereocenters. The second-order valence-electron chi connectivity index (χ2n) is 5.62. The molecule has 0 saturated carbocycles. The van der Waals surface area contributed by atoms with Crippen molar-refractivity contribution in [3.63, 3.8) is 0 Å². The van der Waals surface area contributed by atoms with E-state index in [9.17, 15) is 5.11 Å². The van der Waals surface area contributed by atoms with Crippen LogP contribution in [0.2, 0.25) is 0 Å². The molecule has 1 rings (SSSR count). The molecule has 2 N–H and O–H groups in total. The minimum Gasteiger partial charge on any atom is -0.394 e. The number of hydrogen-bond acceptors (Lipinski definition) is 3. The Morgan fingerprint density at radius 1 is 1.26 bits per heavy atom. The van der Waals surface area contributed by atoms with Crippen LogP contribution in [0.25, 0.3) is 0 Å². The highest BCUT2D eigenvalue weighted by atomic mass is 16.3. The van der Waals surface area contributed by atoms with E-state index in [1.807, 2.05) is 6.07 Å². The van der Waals surface area contributed by atoms with Crippen molar-refractivity contribution in [1.29, 1.82) is 0 Å². The Labute approximate surface area is 117 Å². The minimum atomic E-state index is -0.207. The fourth-order valence-electron chi connectivity index (χ4n) is 2.23. The summed E-state index contributed by atoms with van der Waals surface area (Å²) in [5.74, 6) is 0. The Hall–Kier alpha value is -0.900. The number of aliphatic hydroxyl groups excluding tert-OH is 1. The zero-order valence-electron chi connectivity index (χ0n) is 12.5. The number of benzene rings is 1. The molecule has 1 unspecified atom stereocenters. The largest absolute Gasteiger partial charge is 0.394 e. The molecule has 0 radical (unpaired) electrons. The molecule has 0 heterocycles. The highest BCUT2D eigenvalue weighted by Gasteiger charge is 2.23. The first kappa shape index (κ1) is 16.2. The lowest BCUT2D eigenvalue weighted by Crippen LogP contribution is -2.53. The second kappa shape index (κ2) is 8.31. The van der Waals surface area contributed by atoms with Gasteiger partial charge in [-0.05, 0) is 38.9 Å². The molecule has 108 valence electrons. The van der Waals surface area contributed by atoms with Crippen LogP contribution in [0.1, 0.15) is 25.8 Å². The van der Waals surface area contributed by atoms with Gasteiger partial charge in [-0.25, -0.2) is 0 Å². The lowest BCUT2D eigenvalue weighted by Gasteiger charge is -2.33. The van der Waals surface area contributed by atoms with Crippen LogP contribution in [0.5, 0.6) is 0 Å². The van der Waals surface area contributed by atoms with E-state index in [-0.39, 0.29) is 12.1 Å². The Morgan fingerprint density at radius 2 is 1.95 bits per heavy atom. The number of nitrogens with zero attached hydrogens (tertiary/aromatic N) is 1. The predicted molar refractivity (Wildman–Crippen MR) is 81.4 cm³/mol. The lowest BCUT2D eigenvalue weighted by molar-refractivity contribution is 0.133. The Kier molecular flexibility index (Phi) is 7.06. The predicted octanol–water partition coefficient (Wildman–Crippen LogP) is 1.91. The second-order valence-corrected chi connectivity index (χ2v) is 5.62. The molecule has 3 heteroatoms. The summed E-state index contributed by atoms with van der Waals surface area (Å²) in [5, 5.41) is 13.0. The van der Waals surface area contributed by atoms with Crippen molar-refractivity contribution in [3.05, 3.63) is 35.9 Å². The molecule has 0 spiro atoms. The third-order valence-electron chi connectivity index (χ3n) is 3.39. The van der Waals surface area contributed by atoms with E-state index < -0.39 is 0 Å². The van der Waals surface area contributed by atoms with Gasteiger partial charge in [0, 0.05) is 13.1 Å². The summed E-state index contributed by atoms with van der Waals surface area (Å²) >= 11 is 0. The first-order valence-corrected chi connectivity index (χ1v) is 7.18. The van der Waals surface area contributed by atoms with Crippen LogP contribution < -0.4 is 5.32 Å². The quantitative estimate of drug-likeness (QED) is 0.715. The molecule has 0 aliphatic rings. The maximum absolute atomic E-state index is 9.56. The van der Waals surface area contributed by atoms with Gasteiger partial charge in [-0.2, -0.15) is 0 Å². The van der Waals surface area contributed by atoms with Crippen LogP contribution in [0.4, 0.5) is 0 Å². The van der Waals surface area contributed by atoms with Crippen LogP contribution in [0.3, 0.4) is 0 Å². The first-order chi connectivity index (χ1) is 9.09. The van der Waals surface area contributed by atoms with Gasteiger partial charge >= 0.3 is 0 Å². The summed E-state index contributed by atoms with van der Waals surface area (Å²) in [6, 6.07) is 10.5. The van der Waals surface area contributed by atoms with Crippen molar-refractivity contribution in [1.82, 2.24) is 10.2 Å². The van der Waals surface area contributed by atoms with Crippen molar-refractivity contribution >= 4 is 0 Å². The smallest absolute Gasteiger partial charge is 0.0623 e. The number of aliphatic hydroxyl groups is 1. The van der Waals surface area contributed by atoms with Crippen LogP contribution in [-0.4, -0.2) is 48.8 Å². The molecule has 0 aromatic heterocycles. The molecular weight excluding hydrogens is 236 g/mol. The van der Waals surface area contributed by atoms with E-state index in [2.05, 4.69) is 55.4 Å². The lowest BCUT2D eigenvalue weighted by atomic mass is 10.0. The Bertz CT molecular complexity index is 342. The zero-order chi connectivity index (χ0) is 14.1. The van der Waals surface area contributed by atoms with Crippen molar-refractivity contribution in [2.45, 2.75) is 32.2 Å². The third kappa shape index (κ3) is 6.19. The monoisotopic (exact) mass is 264 g/mol. The van der Waals surface area contributed by atoms with Crippen LogP contribution in [0.15, 0.2) is 30.3 Å². The van der Waals surface area contributed by atoms with Crippen LogP contribution in [0, 0.1) is 0 Å². The summed E-state index contributed by atoms with van der Waals surface area (Å²) in [4.78, 5) is 2.28. The van der Waals surface area contributed by atoms with Gasteiger partial charge in [-0.15, -0.1) is 0 Å². The van der Waals surface area contributed by atoms with E-state index in [4.69, 9.17) is 0 Å². The Morgan fingerprint density at radius 3 is 2.53 bits per heavy atom. The molecule has 0 amide bonds. The molecule has 0 fully saturated rings.